The zero-order valence-corrected chi connectivity index (χ0v) is 34.1. The van der Waals surface area contributed by atoms with E-state index < -0.39 is 18.2 Å². The van der Waals surface area contributed by atoms with Crippen LogP contribution < -0.4 is 14.2 Å². The van der Waals surface area contributed by atoms with E-state index >= 15 is 0 Å². The van der Waals surface area contributed by atoms with Crippen LogP contribution in [0.1, 0.15) is 175 Å². The van der Waals surface area contributed by atoms with E-state index in [0.29, 0.717) is 43.8 Å². The van der Waals surface area contributed by atoms with E-state index in [4.69, 9.17) is 23.7 Å². The van der Waals surface area contributed by atoms with Gasteiger partial charge in [-0.15, -0.1) is 0 Å². The van der Waals surface area contributed by atoms with Crippen molar-refractivity contribution in [2.75, 3.05) is 19.8 Å². The van der Waals surface area contributed by atoms with Crippen molar-refractivity contribution in [3.05, 3.63) is 89.5 Å². The smallest absolute Gasteiger partial charge is 0.338 e. The molecule has 0 amide bonds. The van der Waals surface area contributed by atoms with Crippen LogP contribution in [0.4, 0.5) is 0 Å². The number of hydrogen-bond donors (Lipinski definition) is 0. The predicted molar refractivity (Wildman–Crippen MR) is 222 cm³/mol. The van der Waals surface area contributed by atoms with Crippen molar-refractivity contribution in [2.24, 2.45) is 0 Å². The Hall–Kier alpha value is -3.84. The molecule has 3 aromatic carbocycles. The zero-order valence-electron chi connectivity index (χ0n) is 34.1. The Morgan fingerprint density at radius 1 is 0.527 bits per heavy atom. The highest BCUT2D eigenvalue weighted by molar-refractivity contribution is 5.96. The minimum atomic E-state index is -0.603. The largest absolute Gasteiger partial charge is 0.494 e. The van der Waals surface area contributed by atoms with E-state index in [1.807, 2.05) is 60.7 Å². The van der Waals surface area contributed by atoms with Crippen molar-refractivity contribution in [3.63, 3.8) is 0 Å². The fraction of sp³-hybridized carbons (Fsp3) is 0.583. The summed E-state index contributed by atoms with van der Waals surface area (Å²) in [5, 5.41) is 0. The number of rotatable bonds is 28. The van der Waals surface area contributed by atoms with E-state index in [1.165, 1.54) is 77.0 Å². The number of ether oxygens (including phenoxy) is 5. The summed E-state index contributed by atoms with van der Waals surface area (Å²) in [4.78, 5) is 27.1. The first-order chi connectivity index (χ1) is 27.0. The Morgan fingerprint density at radius 2 is 0.945 bits per heavy atom. The molecule has 0 bridgehead atoms. The van der Waals surface area contributed by atoms with Crippen molar-refractivity contribution in [3.8, 4) is 17.2 Å². The third-order valence-electron chi connectivity index (χ3n) is 10.4. The maximum absolute atomic E-state index is 13.7. The molecule has 55 heavy (non-hydrogen) atoms. The molecule has 1 heterocycles. The second-order valence-corrected chi connectivity index (χ2v) is 15.1. The molecular formula is C48H68O7. The highest BCUT2D eigenvalue weighted by Gasteiger charge is 2.36. The Balaban J connectivity index is 1.35. The summed E-state index contributed by atoms with van der Waals surface area (Å²) < 4.78 is 30.5. The second kappa shape index (κ2) is 26.1. The number of unbranched alkanes of at least 4 members (excludes halogenated alkanes) is 13. The molecule has 7 heteroatoms. The number of hydrogen-bond acceptors (Lipinski definition) is 7. The Bertz CT molecular complexity index is 1470. The van der Waals surface area contributed by atoms with Gasteiger partial charge in [0.25, 0.3) is 0 Å². The number of esters is 1. The number of Topliss-reactive ketones (excluding diaryl/α,β-unsaturated/α-hetero) is 1. The van der Waals surface area contributed by atoms with Gasteiger partial charge in [-0.1, -0.05) is 116 Å². The van der Waals surface area contributed by atoms with Gasteiger partial charge in [0.15, 0.2) is 5.78 Å². The Kier molecular flexibility index (Phi) is 20.8. The van der Waals surface area contributed by atoms with E-state index in [-0.39, 0.29) is 18.3 Å². The average molecular weight is 757 g/mol. The van der Waals surface area contributed by atoms with Gasteiger partial charge in [-0.2, -0.15) is 0 Å². The van der Waals surface area contributed by atoms with Gasteiger partial charge in [0.2, 0.25) is 0 Å². The fourth-order valence-electron chi connectivity index (χ4n) is 7.00. The molecule has 1 aliphatic rings. The summed E-state index contributed by atoms with van der Waals surface area (Å²) in [6, 6.07) is 22.5. The number of ketones is 1. The molecule has 3 atom stereocenters. The molecule has 0 spiro atoms. The van der Waals surface area contributed by atoms with Crippen LogP contribution in [0.2, 0.25) is 0 Å². The zero-order chi connectivity index (χ0) is 38.9. The van der Waals surface area contributed by atoms with Crippen LogP contribution in [-0.2, 0) is 9.47 Å². The minimum Gasteiger partial charge on any atom is -0.494 e. The topological polar surface area (TPSA) is 80.3 Å². The lowest BCUT2D eigenvalue weighted by atomic mass is 9.92. The molecule has 0 radical (unpaired) electrons. The summed E-state index contributed by atoms with van der Waals surface area (Å²) in [5.74, 6) is 1.85. The van der Waals surface area contributed by atoms with Gasteiger partial charge < -0.3 is 23.7 Å². The van der Waals surface area contributed by atoms with Crippen molar-refractivity contribution in [2.45, 2.75) is 161 Å². The quantitative estimate of drug-likeness (QED) is 0.0414. The molecule has 4 rings (SSSR count). The molecule has 0 saturated carbocycles. The lowest BCUT2D eigenvalue weighted by molar-refractivity contribution is -0.122. The van der Waals surface area contributed by atoms with Gasteiger partial charge in [0.05, 0.1) is 31.5 Å². The number of benzene rings is 3. The first-order valence-electron chi connectivity index (χ1n) is 21.6. The molecule has 3 aromatic rings. The van der Waals surface area contributed by atoms with E-state index in [1.54, 1.807) is 12.1 Å². The Labute approximate surface area is 331 Å². The first kappa shape index (κ1) is 43.9. The van der Waals surface area contributed by atoms with Crippen LogP contribution >= 0.6 is 0 Å². The Morgan fingerprint density at radius 3 is 1.44 bits per heavy atom. The normalized spacial score (nSPS) is 16.7. The molecule has 0 aliphatic carbocycles. The molecule has 1 fully saturated rings. The predicted octanol–water partition coefficient (Wildman–Crippen LogP) is 12.8. The first-order valence-corrected chi connectivity index (χ1v) is 21.6. The molecule has 0 N–H and O–H groups in total. The summed E-state index contributed by atoms with van der Waals surface area (Å²) in [5.41, 5.74) is 2.05. The van der Waals surface area contributed by atoms with Crippen molar-refractivity contribution in [1.29, 1.82) is 0 Å². The second-order valence-electron chi connectivity index (χ2n) is 15.1. The highest BCUT2D eigenvalue weighted by Crippen LogP contribution is 2.36. The number of carbonyl (C=O) groups is 2. The fourth-order valence-corrected chi connectivity index (χ4v) is 7.00. The molecule has 7 nitrogen and oxygen atoms in total. The van der Waals surface area contributed by atoms with Gasteiger partial charge in [0.1, 0.15) is 29.5 Å². The van der Waals surface area contributed by atoms with Gasteiger partial charge >= 0.3 is 5.97 Å². The average Bonchev–Trinajstić information content (AvgIpc) is 3.21. The van der Waals surface area contributed by atoms with Crippen molar-refractivity contribution in [1.82, 2.24) is 0 Å². The lowest BCUT2D eigenvalue weighted by Crippen LogP contribution is -2.40. The summed E-state index contributed by atoms with van der Waals surface area (Å²) in [6.07, 6.45) is 19.0. The molecular weight excluding hydrogens is 689 g/mol. The standard InChI is InChI=1S/C48H68O7/c1-4-7-10-13-15-18-35-52-41-26-20-38(21-27-41)44(49)37-47-46(33-32-45(54-47)39-22-28-42(29-23-39)51-34-17-12-9-6-3)55-48(50)40-24-30-43(31-25-40)53-36-19-16-14-11-8-5-2/h20-31,45-47H,4-19,32-37H2,1-3H3/t45-,46+,47-/m1/s1. The van der Waals surface area contributed by atoms with Crippen LogP contribution in [0.15, 0.2) is 72.8 Å². The van der Waals surface area contributed by atoms with Gasteiger partial charge in [0, 0.05) is 12.0 Å². The number of carbonyl (C=O) groups excluding carboxylic acids is 2. The third-order valence-corrected chi connectivity index (χ3v) is 10.4. The van der Waals surface area contributed by atoms with E-state index in [0.717, 1.165) is 48.5 Å². The summed E-state index contributed by atoms with van der Waals surface area (Å²) in [6.45, 7) is 8.70. The maximum Gasteiger partial charge on any atom is 0.338 e. The van der Waals surface area contributed by atoms with Crippen molar-refractivity contribution < 1.29 is 33.3 Å². The van der Waals surface area contributed by atoms with Crippen LogP contribution in [0.3, 0.4) is 0 Å². The molecule has 1 saturated heterocycles. The highest BCUT2D eigenvalue weighted by atomic mass is 16.6. The molecule has 0 unspecified atom stereocenters. The van der Waals surface area contributed by atoms with Crippen LogP contribution in [0.25, 0.3) is 0 Å². The summed E-state index contributed by atoms with van der Waals surface area (Å²) >= 11 is 0. The maximum atomic E-state index is 13.7. The lowest BCUT2D eigenvalue weighted by Gasteiger charge is -2.36. The monoisotopic (exact) mass is 756 g/mol. The van der Waals surface area contributed by atoms with Gasteiger partial charge in [-0.05, 0) is 98.3 Å². The van der Waals surface area contributed by atoms with Crippen LogP contribution in [-0.4, -0.2) is 43.8 Å². The SMILES string of the molecule is CCCCCCCCOc1ccc(C(=O)C[C@H]2O[C@@H](c3ccc(OCCCCCC)cc3)CC[C@@H]2OC(=O)c2ccc(OCCCCCCCC)cc2)cc1. The van der Waals surface area contributed by atoms with Gasteiger partial charge in [-0.3, -0.25) is 4.79 Å². The molecule has 1 aliphatic heterocycles. The van der Waals surface area contributed by atoms with E-state index in [9.17, 15) is 9.59 Å². The molecule has 0 aromatic heterocycles. The van der Waals surface area contributed by atoms with E-state index in [2.05, 4.69) is 20.8 Å². The summed E-state index contributed by atoms with van der Waals surface area (Å²) in [7, 11) is 0. The third kappa shape index (κ3) is 16.4. The van der Waals surface area contributed by atoms with Crippen LogP contribution in [0.5, 0.6) is 17.2 Å². The van der Waals surface area contributed by atoms with Gasteiger partial charge in [-0.25, -0.2) is 4.79 Å². The minimum absolute atomic E-state index is 0.0622. The van der Waals surface area contributed by atoms with Crippen molar-refractivity contribution >= 4 is 11.8 Å². The van der Waals surface area contributed by atoms with Crippen LogP contribution in [0, 0.1) is 0 Å². The molecule has 302 valence electrons.